The topological polar surface area (TPSA) is 80.3 Å². The molecule has 0 aromatic heterocycles. The van der Waals surface area contributed by atoms with Crippen LogP contribution in [0, 0.1) is 13.8 Å². The lowest BCUT2D eigenvalue weighted by Crippen LogP contribution is -2.27. The van der Waals surface area contributed by atoms with Crippen LogP contribution in [0.3, 0.4) is 0 Å². The van der Waals surface area contributed by atoms with Crippen molar-refractivity contribution in [1.29, 1.82) is 0 Å². The largest absolute Gasteiger partial charge is 0.514 e. The quantitative estimate of drug-likeness (QED) is 0.0901. The Kier molecular flexibility index (Phi) is 13.4. The van der Waals surface area contributed by atoms with E-state index in [1.165, 1.54) is 12.8 Å². The molecule has 6 rings (SSSR count). The summed E-state index contributed by atoms with van der Waals surface area (Å²) in [5, 5.41) is 0. The lowest BCUT2D eigenvalue weighted by atomic mass is 9.71. The molecule has 7 heteroatoms. The van der Waals surface area contributed by atoms with Gasteiger partial charge in [-0.25, -0.2) is 9.59 Å². The highest BCUT2D eigenvalue weighted by atomic mass is 16.7. The standard InChI is InChI=1S/C50H62O7/c1-33-27-40(45(36-21-14-10-15-22-36)42(29-33)54-47(51)56-49(3,4)5)44(38-25-18-26-39(31-38)53-32-35-19-12-9-13-20-35)41-28-34(2)30-43(55-48(52)57-50(6,7)8)46(41)37-23-16-11-17-24-37/h9,12-13,18-20,25-31,36-37,44H,10-11,14-17,21-24,32H2,1-8H3. The van der Waals surface area contributed by atoms with Crippen LogP contribution in [0.1, 0.15) is 168 Å². The number of benzene rings is 4. The maximum atomic E-state index is 13.5. The number of hydrogen-bond acceptors (Lipinski definition) is 7. The van der Waals surface area contributed by atoms with Crippen molar-refractivity contribution >= 4 is 12.3 Å². The SMILES string of the molecule is Cc1cc(OC(=O)OC(C)(C)C)c(C2CCCCC2)c(C(c2cccc(OCc3ccccc3)c2)c2cc(C)cc(OC(=O)OC(C)(C)C)c2C2CCCCC2)c1. The van der Waals surface area contributed by atoms with Crippen LogP contribution in [0.15, 0.2) is 78.9 Å². The first kappa shape index (κ1) is 41.8. The predicted molar refractivity (Wildman–Crippen MR) is 226 cm³/mol. The van der Waals surface area contributed by atoms with Crippen LogP contribution in [0.5, 0.6) is 17.2 Å². The smallest absolute Gasteiger partial charge is 0.489 e. The first-order valence-electron chi connectivity index (χ1n) is 21.0. The molecule has 304 valence electrons. The zero-order chi connectivity index (χ0) is 40.7. The lowest BCUT2D eigenvalue weighted by Gasteiger charge is -2.34. The Labute approximate surface area is 340 Å². The zero-order valence-corrected chi connectivity index (χ0v) is 35.4. The number of carbonyl (C=O) groups excluding carboxylic acids is 2. The van der Waals surface area contributed by atoms with Gasteiger partial charge in [-0.2, -0.15) is 0 Å². The molecule has 0 spiro atoms. The molecule has 2 saturated carbocycles. The van der Waals surface area contributed by atoms with Crippen molar-refractivity contribution in [2.45, 2.75) is 155 Å². The molecular weight excluding hydrogens is 713 g/mol. The van der Waals surface area contributed by atoms with Gasteiger partial charge in [0, 0.05) is 17.0 Å². The van der Waals surface area contributed by atoms with Crippen LogP contribution >= 0.6 is 0 Å². The Morgan fingerprint density at radius 1 is 0.596 bits per heavy atom. The summed E-state index contributed by atoms with van der Waals surface area (Å²) in [5.41, 5.74) is 6.88. The molecule has 2 fully saturated rings. The number of rotatable bonds is 10. The van der Waals surface area contributed by atoms with E-state index in [1.807, 2.05) is 77.9 Å². The van der Waals surface area contributed by atoms with Crippen molar-refractivity contribution in [1.82, 2.24) is 0 Å². The Balaban J connectivity index is 1.60. The molecule has 0 aliphatic heterocycles. The fourth-order valence-electron chi connectivity index (χ4n) is 8.66. The van der Waals surface area contributed by atoms with E-state index in [4.69, 9.17) is 23.7 Å². The van der Waals surface area contributed by atoms with Gasteiger partial charge >= 0.3 is 12.3 Å². The molecule has 2 aliphatic rings. The van der Waals surface area contributed by atoms with E-state index in [0.717, 1.165) is 102 Å². The van der Waals surface area contributed by atoms with Gasteiger partial charge in [-0.3, -0.25) is 0 Å². The van der Waals surface area contributed by atoms with E-state index < -0.39 is 23.5 Å². The predicted octanol–water partition coefficient (Wildman–Crippen LogP) is 13.8. The lowest BCUT2D eigenvalue weighted by molar-refractivity contribution is 0.0190. The number of carbonyl (C=O) groups is 2. The second kappa shape index (κ2) is 18.2. The molecule has 0 bridgehead atoms. The molecule has 0 N–H and O–H groups in total. The minimum absolute atomic E-state index is 0.173. The normalized spacial score (nSPS) is 15.6. The first-order valence-corrected chi connectivity index (χ1v) is 21.0. The zero-order valence-electron chi connectivity index (χ0n) is 35.4. The molecule has 0 atom stereocenters. The summed E-state index contributed by atoms with van der Waals surface area (Å²) in [6, 6.07) is 27.1. The maximum Gasteiger partial charge on any atom is 0.514 e. The van der Waals surface area contributed by atoms with Crippen LogP contribution in [0.25, 0.3) is 0 Å². The molecular formula is C50H62O7. The van der Waals surface area contributed by atoms with Gasteiger partial charge in [0.1, 0.15) is 35.1 Å². The molecule has 0 unspecified atom stereocenters. The van der Waals surface area contributed by atoms with Crippen molar-refractivity contribution in [3.63, 3.8) is 0 Å². The van der Waals surface area contributed by atoms with Gasteiger partial charge in [-0.15, -0.1) is 0 Å². The second-order valence-corrected chi connectivity index (χ2v) is 18.1. The van der Waals surface area contributed by atoms with Crippen LogP contribution in [0.2, 0.25) is 0 Å². The number of ether oxygens (including phenoxy) is 5. The van der Waals surface area contributed by atoms with E-state index in [1.54, 1.807) is 0 Å². The van der Waals surface area contributed by atoms with E-state index in [-0.39, 0.29) is 17.8 Å². The van der Waals surface area contributed by atoms with Crippen molar-refractivity contribution in [3.05, 3.63) is 123 Å². The van der Waals surface area contributed by atoms with Gasteiger partial charge in [-0.1, -0.05) is 93.1 Å². The van der Waals surface area contributed by atoms with E-state index in [0.29, 0.717) is 18.1 Å². The Morgan fingerprint density at radius 2 is 1.07 bits per heavy atom. The third-order valence-electron chi connectivity index (χ3n) is 10.9. The fraction of sp³-hybridized carbons (Fsp3) is 0.480. The van der Waals surface area contributed by atoms with E-state index in [9.17, 15) is 9.59 Å². The van der Waals surface area contributed by atoms with Crippen molar-refractivity contribution in [3.8, 4) is 17.2 Å². The minimum atomic E-state index is -0.713. The summed E-state index contributed by atoms with van der Waals surface area (Å²) in [5.74, 6) is 1.88. The summed E-state index contributed by atoms with van der Waals surface area (Å²) in [4.78, 5) is 26.9. The van der Waals surface area contributed by atoms with E-state index in [2.05, 4.69) is 56.3 Å². The average molecular weight is 775 g/mol. The molecule has 57 heavy (non-hydrogen) atoms. The highest BCUT2D eigenvalue weighted by Gasteiger charge is 2.35. The summed E-state index contributed by atoms with van der Waals surface area (Å²) in [7, 11) is 0. The van der Waals surface area contributed by atoms with Gasteiger partial charge in [0.15, 0.2) is 0 Å². The van der Waals surface area contributed by atoms with Crippen molar-refractivity contribution in [2.24, 2.45) is 0 Å². The molecule has 0 heterocycles. The first-order chi connectivity index (χ1) is 27.1. The maximum absolute atomic E-state index is 13.5. The molecule has 0 radical (unpaired) electrons. The molecule has 7 nitrogen and oxygen atoms in total. The van der Waals surface area contributed by atoms with Crippen molar-refractivity contribution in [2.75, 3.05) is 0 Å². The molecule has 4 aromatic carbocycles. The van der Waals surface area contributed by atoms with Gasteiger partial charge in [0.05, 0.1) is 0 Å². The van der Waals surface area contributed by atoms with Crippen LogP contribution < -0.4 is 14.2 Å². The fourth-order valence-corrected chi connectivity index (χ4v) is 8.66. The summed E-state index contributed by atoms with van der Waals surface area (Å²) < 4.78 is 30.4. The molecule has 0 amide bonds. The van der Waals surface area contributed by atoms with Crippen molar-refractivity contribution < 1.29 is 33.3 Å². The second-order valence-electron chi connectivity index (χ2n) is 18.1. The third kappa shape index (κ3) is 11.4. The molecule has 4 aromatic rings. The van der Waals surface area contributed by atoms with Gasteiger partial charge in [0.2, 0.25) is 0 Å². The summed E-state index contributed by atoms with van der Waals surface area (Å²) >= 11 is 0. The third-order valence-corrected chi connectivity index (χ3v) is 10.9. The summed E-state index contributed by atoms with van der Waals surface area (Å²) in [6.07, 6.45) is 9.30. The Morgan fingerprint density at radius 3 is 1.53 bits per heavy atom. The van der Waals surface area contributed by atoms with Crippen LogP contribution in [0.4, 0.5) is 9.59 Å². The monoisotopic (exact) mass is 774 g/mol. The Bertz CT molecular complexity index is 1890. The van der Waals surface area contributed by atoms with Gasteiger partial charge in [0.25, 0.3) is 0 Å². The average Bonchev–Trinajstić information content (AvgIpc) is 3.14. The minimum Gasteiger partial charge on any atom is -0.489 e. The highest BCUT2D eigenvalue weighted by molar-refractivity contribution is 5.69. The van der Waals surface area contributed by atoms with Crippen LogP contribution in [-0.2, 0) is 16.1 Å². The van der Waals surface area contributed by atoms with Gasteiger partial charge in [-0.05, 0) is 151 Å². The van der Waals surface area contributed by atoms with E-state index >= 15 is 0 Å². The van der Waals surface area contributed by atoms with Crippen LogP contribution in [-0.4, -0.2) is 23.5 Å². The van der Waals surface area contributed by atoms with Gasteiger partial charge < -0.3 is 23.7 Å². The Hall–Kier alpha value is -4.78. The molecule has 2 aliphatic carbocycles. The number of aryl methyl sites for hydroxylation is 2. The number of hydrogen-bond donors (Lipinski definition) is 0. The molecule has 0 saturated heterocycles. The highest BCUT2D eigenvalue weighted by Crippen LogP contribution is 2.50. The summed E-state index contributed by atoms with van der Waals surface area (Å²) in [6.45, 7) is 15.6.